The van der Waals surface area contributed by atoms with Crippen LogP contribution >= 0.6 is 23.4 Å². The summed E-state index contributed by atoms with van der Waals surface area (Å²) in [7, 11) is 2.00. The van der Waals surface area contributed by atoms with Crippen LogP contribution in [0.1, 0.15) is 19.0 Å². The number of thioether (sulfide) groups is 1. The molecule has 3 nitrogen and oxygen atoms in total. The van der Waals surface area contributed by atoms with E-state index in [4.69, 9.17) is 11.6 Å². The zero-order valence-corrected chi connectivity index (χ0v) is 14.1. The molecule has 0 bridgehead atoms. The second-order valence-electron chi connectivity index (χ2n) is 5.00. The molecular weight excluding hydrogens is 302 g/mol. The van der Waals surface area contributed by atoms with Crippen LogP contribution in [-0.2, 0) is 13.5 Å². The minimum atomic E-state index is 0.505. The average molecular weight is 324 g/mol. The summed E-state index contributed by atoms with van der Waals surface area (Å²) in [6.45, 7) is 3.15. The molecule has 0 amide bonds. The van der Waals surface area contributed by atoms with E-state index < -0.39 is 0 Å². The molecular formula is C16H22ClN3S. The third-order valence-electron chi connectivity index (χ3n) is 3.43. The van der Waals surface area contributed by atoms with Gasteiger partial charge >= 0.3 is 0 Å². The Kier molecular flexibility index (Phi) is 6.61. The lowest BCUT2D eigenvalue weighted by Crippen LogP contribution is -2.31. The summed E-state index contributed by atoms with van der Waals surface area (Å²) in [5, 5.41) is 8.58. The molecule has 1 N–H and O–H groups in total. The van der Waals surface area contributed by atoms with Crippen LogP contribution in [-0.4, -0.2) is 28.1 Å². The van der Waals surface area contributed by atoms with Gasteiger partial charge in [0.05, 0.1) is 0 Å². The summed E-state index contributed by atoms with van der Waals surface area (Å²) in [6.07, 6.45) is 4.03. The molecule has 0 saturated carbocycles. The van der Waals surface area contributed by atoms with E-state index in [2.05, 4.69) is 35.5 Å². The highest BCUT2D eigenvalue weighted by Gasteiger charge is 2.10. The Balaban J connectivity index is 1.83. The molecule has 2 aromatic rings. The first-order valence-electron chi connectivity index (χ1n) is 7.27. The van der Waals surface area contributed by atoms with E-state index in [9.17, 15) is 0 Å². The summed E-state index contributed by atoms with van der Waals surface area (Å²) in [5.74, 6) is 1.06. The molecule has 0 aliphatic carbocycles. The summed E-state index contributed by atoms with van der Waals surface area (Å²) < 4.78 is 1.95. The standard InChI is InChI=1S/C16H22ClN3S/c1-3-18-14(6-7-15-10-11-19-20(15)2)12-21-16-8-4-13(17)5-9-16/h4-5,8-11,14,18H,3,6-7,12H2,1-2H3. The number of halogens is 1. The molecule has 5 heteroatoms. The molecule has 0 aliphatic rings. The lowest BCUT2D eigenvalue weighted by molar-refractivity contribution is 0.527. The number of aryl methyl sites for hydroxylation is 2. The van der Waals surface area contributed by atoms with E-state index in [1.54, 1.807) is 0 Å². The lowest BCUT2D eigenvalue weighted by Gasteiger charge is -2.17. The smallest absolute Gasteiger partial charge is 0.0492 e. The van der Waals surface area contributed by atoms with E-state index in [-0.39, 0.29) is 0 Å². The normalized spacial score (nSPS) is 12.5. The van der Waals surface area contributed by atoms with Gasteiger partial charge in [0.25, 0.3) is 0 Å². The number of hydrogen-bond donors (Lipinski definition) is 1. The molecule has 1 unspecified atom stereocenters. The van der Waals surface area contributed by atoms with Crippen molar-refractivity contribution < 1.29 is 0 Å². The molecule has 0 fully saturated rings. The first kappa shape index (κ1) is 16.4. The number of hydrogen-bond acceptors (Lipinski definition) is 3. The van der Waals surface area contributed by atoms with Gasteiger partial charge in [-0.2, -0.15) is 5.10 Å². The number of benzene rings is 1. The van der Waals surface area contributed by atoms with Gasteiger partial charge in [-0.15, -0.1) is 11.8 Å². The van der Waals surface area contributed by atoms with Crippen molar-refractivity contribution in [1.29, 1.82) is 0 Å². The highest BCUT2D eigenvalue weighted by molar-refractivity contribution is 7.99. The number of rotatable bonds is 8. The lowest BCUT2D eigenvalue weighted by atomic mass is 10.1. The number of nitrogens with one attached hydrogen (secondary N) is 1. The quantitative estimate of drug-likeness (QED) is 0.750. The van der Waals surface area contributed by atoms with Crippen LogP contribution < -0.4 is 5.32 Å². The van der Waals surface area contributed by atoms with Crippen LogP contribution in [0.3, 0.4) is 0 Å². The Morgan fingerprint density at radius 3 is 2.67 bits per heavy atom. The fraction of sp³-hybridized carbons (Fsp3) is 0.438. The monoisotopic (exact) mass is 323 g/mol. The molecule has 0 saturated heterocycles. The molecule has 21 heavy (non-hydrogen) atoms. The van der Waals surface area contributed by atoms with E-state index in [1.807, 2.05) is 41.8 Å². The van der Waals surface area contributed by atoms with Gasteiger partial charge in [0.15, 0.2) is 0 Å². The maximum atomic E-state index is 5.92. The van der Waals surface area contributed by atoms with E-state index in [0.29, 0.717) is 6.04 Å². The Labute approximate surface area is 136 Å². The molecule has 0 aliphatic heterocycles. The molecule has 0 radical (unpaired) electrons. The minimum Gasteiger partial charge on any atom is -0.313 e. The van der Waals surface area contributed by atoms with Crippen LogP contribution in [0.2, 0.25) is 5.02 Å². The van der Waals surface area contributed by atoms with Crippen LogP contribution in [0, 0.1) is 0 Å². The van der Waals surface area contributed by atoms with Crippen LogP contribution in [0.25, 0.3) is 0 Å². The van der Waals surface area contributed by atoms with Gasteiger partial charge < -0.3 is 5.32 Å². The summed E-state index contributed by atoms with van der Waals surface area (Å²) in [6, 6.07) is 10.7. The Morgan fingerprint density at radius 1 is 1.29 bits per heavy atom. The molecule has 1 aromatic heterocycles. The van der Waals surface area contributed by atoms with Crippen molar-refractivity contribution in [3.63, 3.8) is 0 Å². The molecule has 1 heterocycles. The second kappa shape index (κ2) is 8.47. The first-order chi connectivity index (χ1) is 10.2. The van der Waals surface area contributed by atoms with Crippen molar-refractivity contribution in [2.24, 2.45) is 7.05 Å². The largest absolute Gasteiger partial charge is 0.313 e. The Hall–Kier alpha value is -0.970. The van der Waals surface area contributed by atoms with Crippen LogP contribution in [0.15, 0.2) is 41.4 Å². The zero-order valence-electron chi connectivity index (χ0n) is 12.6. The van der Waals surface area contributed by atoms with Crippen LogP contribution in [0.5, 0.6) is 0 Å². The highest BCUT2D eigenvalue weighted by atomic mass is 35.5. The molecule has 2 rings (SSSR count). The summed E-state index contributed by atoms with van der Waals surface area (Å²) in [5.41, 5.74) is 1.29. The first-order valence-corrected chi connectivity index (χ1v) is 8.64. The third-order valence-corrected chi connectivity index (χ3v) is 4.86. The number of aromatic nitrogens is 2. The van der Waals surface area contributed by atoms with Gasteiger partial charge in [0.2, 0.25) is 0 Å². The van der Waals surface area contributed by atoms with E-state index >= 15 is 0 Å². The van der Waals surface area contributed by atoms with Crippen molar-refractivity contribution in [2.45, 2.75) is 30.7 Å². The molecule has 114 valence electrons. The van der Waals surface area contributed by atoms with Crippen molar-refractivity contribution in [2.75, 3.05) is 12.3 Å². The predicted molar refractivity (Wildman–Crippen MR) is 91.2 cm³/mol. The second-order valence-corrected chi connectivity index (χ2v) is 6.53. The Bertz CT molecular complexity index is 539. The molecule has 0 spiro atoms. The maximum Gasteiger partial charge on any atom is 0.0492 e. The van der Waals surface area contributed by atoms with Gasteiger partial charge in [-0.3, -0.25) is 4.68 Å². The summed E-state index contributed by atoms with van der Waals surface area (Å²) >= 11 is 7.79. The number of nitrogens with zero attached hydrogens (tertiary/aromatic N) is 2. The fourth-order valence-corrected chi connectivity index (χ4v) is 3.36. The third kappa shape index (κ3) is 5.38. The fourth-order valence-electron chi connectivity index (χ4n) is 2.23. The average Bonchev–Trinajstić information content (AvgIpc) is 2.89. The van der Waals surface area contributed by atoms with E-state index in [0.717, 1.165) is 30.2 Å². The van der Waals surface area contributed by atoms with Crippen LogP contribution in [0.4, 0.5) is 0 Å². The van der Waals surface area contributed by atoms with Gasteiger partial charge in [-0.25, -0.2) is 0 Å². The van der Waals surface area contributed by atoms with Crippen molar-refractivity contribution in [3.8, 4) is 0 Å². The summed E-state index contributed by atoms with van der Waals surface area (Å²) in [4.78, 5) is 1.27. The van der Waals surface area contributed by atoms with Gasteiger partial charge in [-0.1, -0.05) is 18.5 Å². The SMILES string of the molecule is CCNC(CCc1ccnn1C)CSc1ccc(Cl)cc1. The maximum absolute atomic E-state index is 5.92. The molecule has 1 atom stereocenters. The predicted octanol–water partition coefficient (Wildman–Crippen LogP) is 3.78. The highest BCUT2D eigenvalue weighted by Crippen LogP contribution is 2.22. The molecule has 1 aromatic carbocycles. The minimum absolute atomic E-state index is 0.505. The van der Waals surface area contributed by atoms with Gasteiger partial charge in [0.1, 0.15) is 0 Å². The van der Waals surface area contributed by atoms with Gasteiger partial charge in [-0.05, 0) is 49.7 Å². The van der Waals surface area contributed by atoms with Crippen molar-refractivity contribution in [1.82, 2.24) is 15.1 Å². The topological polar surface area (TPSA) is 29.9 Å². The van der Waals surface area contributed by atoms with E-state index in [1.165, 1.54) is 10.6 Å². The van der Waals surface area contributed by atoms with Crippen molar-refractivity contribution >= 4 is 23.4 Å². The van der Waals surface area contributed by atoms with Gasteiger partial charge in [0, 0.05) is 40.7 Å². The zero-order chi connectivity index (χ0) is 15.1. The Morgan fingerprint density at radius 2 is 2.05 bits per heavy atom. The van der Waals surface area contributed by atoms with Crippen molar-refractivity contribution in [3.05, 3.63) is 47.2 Å².